The van der Waals surface area contributed by atoms with Crippen molar-refractivity contribution in [3.8, 4) is 0 Å². The molecule has 0 unspecified atom stereocenters. The van der Waals surface area contributed by atoms with Gasteiger partial charge in [0.2, 0.25) is 11.7 Å². The van der Waals surface area contributed by atoms with E-state index in [1.165, 1.54) is 10.9 Å². The second-order valence-corrected chi connectivity index (χ2v) is 9.68. The van der Waals surface area contributed by atoms with Gasteiger partial charge in [-0.2, -0.15) is 0 Å². The predicted octanol–water partition coefficient (Wildman–Crippen LogP) is 4.52. The summed E-state index contributed by atoms with van der Waals surface area (Å²) in [5.41, 5.74) is 3.77. The molecule has 38 heavy (non-hydrogen) atoms. The maximum absolute atomic E-state index is 13.4. The number of H-pyrrole nitrogens is 1. The molecule has 0 radical (unpaired) electrons. The lowest BCUT2D eigenvalue weighted by molar-refractivity contribution is -0.121. The standard InChI is InChI=1S/C29H25ClN6O2/c30-21-11-9-19(10-12-21)18-35-28(38)23-6-2-4-8-25(23)36-26(33-34-29(35)36)13-14-27(37)31-16-15-20-17-32-24-7-3-1-5-22(20)24/h1-12,17,32H,13-16,18H2,(H,31,37). The summed E-state index contributed by atoms with van der Waals surface area (Å²) < 4.78 is 3.50. The summed E-state index contributed by atoms with van der Waals surface area (Å²) in [5, 5.41) is 14.1. The molecule has 0 fully saturated rings. The van der Waals surface area contributed by atoms with E-state index in [2.05, 4.69) is 26.6 Å². The quantitative estimate of drug-likeness (QED) is 0.306. The molecule has 1 amide bonds. The number of nitrogens with zero attached hydrogens (tertiary/aromatic N) is 4. The molecule has 0 aliphatic heterocycles. The minimum atomic E-state index is -0.142. The number of amides is 1. The first-order valence-corrected chi connectivity index (χ1v) is 12.9. The number of para-hydroxylation sites is 2. The molecule has 6 aromatic rings. The lowest BCUT2D eigenvalue weighted by atomic mass is 10.1. The van der Waals surface area contributed by atoms with E-state index >= 15 is 0 Å². The highest BCUT2D eigenvalue weighted by Gasteiger charge is 2.17. The largest absolute Gasteiger partial charge is 0.361 e. The molecule has 0 saturated carbocycles. The van der Waals surface area contributed by atoms with E-state index in [1.54, 1.807) is 22.8 Å². The second-order valence-electron chi connectivity index (χ2n) is 9.25. The molecule has 0 aliphatic rings. The van der Waals surface area contributed by atoms with E-state index in [-0.39, 0.29) is 17.9 Å². The van der Waals surface area contributed by atoms with Crippen molar-refractivity contribution in [1.29, 1.82) is 0 Å². The summed E-state index contributed by atoms with van der Waals surface area (Å²) in [7, 11) is 0. The molecule has 190 valence electrons. The summed E-state index contributed by atoms with van der Waals surface area (Å²) in [6.07, 6.45) is 3.39. The molecule has 0 atom stereocenters. The van der Waals surface area contributed by atoms with Crippen LogP contribution in [0.25, 0.3) is 27.6 Å². The van der Waals surface area contributed by atoms with E-state index < -0.39 is 0 Å². The molecule has 3 heterocycles. The van der Waals surface area contributed by atoms with Gasteiger partial charge in [-0.15, -0.1) is 10.2 Å². The van der Waals surface area contributed by atoms with Crippen LogP contribution in [0.15, 0.2) is 83.8 Å². The zero-order valence-electron chi connectivity index (χ0n) is 20.5. The third-order valence-electron chi connectivity index (χ3n) is 6.80. The SMILES string of the molecule is O=C(CCc1nnc2n(Cc3ccc(Cl)cc3)c(=O)c3ccccc3n12)NCCc1c[nH]c2ccccc12. The van der Waals surface area contributed by atoms with E-state index in [0.29, 0.717) is 41.5 Å². The number of aromatic nitrogens is 5. The van der Waals surface area contributed by atoms with Crippen LogP contribution in [0, 0.1) is 0 Å². The normalized spacial score (nSPS) is 11.5. The third kappa shape index (κ3) is 4.54. The smallest absolute Gasteiger partial charge is 0.263 e. The number of rotatable bonds is 8. The fourth-order valence-corrected chi connectivity index (χ4v) is 5.01. The second kappa shape index (κ2) is 10.1. The third-order valence-corrected chi connectivity index (χ3v) is 7.05. The van der Waals surface area contributed by atoms with Gasteiger partial charge in [-0.05, 0) is 47.9 Å². The molecule has 0 spiro atoms. The number of halogens is 1. The Morgan fingerprint density at radius 1 is 0.921 bits per heavy atom. The van der Waals surface area contributed by atoms with E-state index in [0.717, 1.165) is 23.0 Å². The first-order valence-electron chi connectivity index (χ1n) is 12.5. The Kier molecular flexibility index (Phi) is 6.39. The molecule has 0 aliphatic carbocycles. The maximum Gasteiger partial charge on any atom is 0.263 e. The van der Waals surface area contributed by atoms with Crippen molar-refractivity contribution < 1.29 is 4.79 Å². The minimum Gasteiger partial charge on any atom is -0.361 e. The highest BCUT2D eigenvalue weighted by Crippen LogP contribution is 2.19. The number of hydrogen-bond donors (Lipinski definition) is 2. The number of fused-ring (bicyclic) bond motifs is 4. The molecule has 8 nitrogen and oxygen atoms in total. The molecule has 6 rings (SSSR count). The maximum atomic E-state index is 13.4. The summed E-state index contributed by atoms with van der Waals surface area (Å²) in [5.74, 6) is 1.02. The molecule has 2 N–H and O–H groups in total. The van der Waals surface area contributed by atoms with Gasteiger partial charge in [0.1, 0.15) is 5.82 Å². The predicted molar refractivity (Wildman–Crippen MR) is 149 cm³/mol. The molecule has 3 aromatic heterocycles. The van der Waals surface area contributed by atoms with Crippen molar-refractivity contribution in [1.82, 2.24) is 29.5 Å². The number of aromatic amines is 1. The Labute approximate surface area is 222 Å². The van der Waals surface area contributed by atoms with Gasteiger partial charge < -0.3 is 10.3 Å². The van der Waals surface area contributed by atoms with Crippen LogP contribution in [0.1, 0.15) is 23.4 Å². The number of carbonyl (C=O) groups excluding carboxylic acids is 1. The van der Waals surface area contributed by atoms with Gasteiger partial charge in [-0.1, -0.05) is 54.1 Å². The van der Waals surface area contributed by atoms with Crippen LogP contribution in [-0.4, -0.2) is 36.6 Å². The summed E-state index contributed by atoms with van der Waals surface area (Å²) in [4.78, 5) is 29.3. The van der Waals surface area contributed by atoms with Crippen LogP contribution in [0.5, 0.6) is 0 Å². The van der Waals surface area contributed by atoms with Gasteiger partial charge in [0.15, 0.2) is 0 Å². The minimum absolute atomic E-state index is 0.0552. The van der Waals surface area contributed by atoms with Gasteiger partial charge in [0.05, 0.1) is 17.4 Å². The van der Waals surface area contributed by atoms with Crippen LogP contribution < -0.4 is 10.9 Å². The monoisotopic (exact) mass is 524 g/mol. The van der Waals surface area contributed by atoms with Crippen molar-refractivity contribution in [3.63, 3.8) is 0 Å². The number of carbonyl (C=O) groups is 1. The summed E-state index contributed by atoms with van der Waals surface area (Å²) >= 11 is 6.03. The van der Waals surface area contributed by atoms with Crippen molar-refractivity contribution in [2.45, 2.75) is 25.8 Å². The lowest BCUT2D eigenvalue weighted by Gasteiger charge is -2.12. The Morgan fingerprint density at radius 2 is 1.68 bits per heavy atom. The number of hydrogen-bond acceptors (Lipinski definition) is 4. The number of aryl methyl sites for hydroxylation is 1. The van der Waals surface area contributed by atoms with Crippen LogP contribution in [-0.2, 0) is 24.2 Å². The van der Waals surface area contributed by atoms with Gasteiger partial charge in [-0.3, -0.25) is 18.6 Å². The van der Waals surface area contributed by atoms with Crippen LogP contribution in [0.2, 0.25) is 5.02 Å². The Morgan fingerprint density at radius 3 is 2.53 bits per heavy atom. The average Bonchev–Trinajstić information content (AvgIpc) is 3.55. The van der Waals surface area contributed by atoms with Gasteiger partial charge in [-0.25, -0.2) is 0 Å². The highest BCUT2D eigenvalue weighted by atomic mass is 35.5. The number of benzene rings is 3. The molecule has 3 aromatic carbocycles. The average molecular weight is 525 g/mol. The summed E-state index contributed by atoms with van der Waals surface area (Å²) in [6, 6.07) is 22.9. The first-order chi connectivity index (χ1) is 18.6. The molecule has 0 saturated heterocycles. The molecular weight excluding hydrogens is 500 g/mol. The van der Waals surface area contributed by atoms with Crippen LogP contribution in [0.4, 0.5) is 0 Å². The fourth-order valence-electron chi connectivity index (χ4n) is 4.88. The zero-order valence-corrected chi connectivity index (χ0v) is 21.3. The van der Waals surface area contributed by atoms with Crippen molar-refractivity contribution >= 4 is 45.1 Å². The van der Waals surface area contributed by atoms with E-state index in [9.17, 15) is 9.59 Å². The van der Waals surface area contributed by atoms with Gasteiger partial charge >= 0.3 is 0 Å². The topological polar surface area (TPSA) is 97.1 Å². The molecule has 0 bridgehead atoms. The van der Waals surface area contributed by atoms with Crippen LogP contribution in [0.3, 0.4) is 0 Å². The Bertz CT molecular complexity index is 1830. The first kappa shape index (κ1) is 23.9. The van der Waals surface area contributed by atoms with Gasteiger partial charge in [0.25, 0.3) is 5.56 Å². The zero-order chi connectivity index (χ0) is 26.1. The van der Waals surface area contributed by atoms with Crippen molar-refractivity contribution in [3.05, 3.63) is 111 Å². The van der Waals surface area contributed by atoms with Gasteiger partial charge in [0, 0.05) is 41.5 Å². The van der Waals surface area contributed by atoms with Crippen LogP contribution >= 0.6 is 11.6 Å². The lowest BCUT2D eigenvalue weighted by Crippen LogP contribution is -2.26. The van der Waals surface area contributed by atoms with E-state index in [4.69, 9.17) is 11.6 Å². The summed E-state index contributed by atoms with van der Waals surface area (Å²) in [6.45, 7) is 0.877. The van der Waals surface area contributed by atoms with Crippen molar-refractivity contribution in [2.24, 2.45) is 0 Å². The molecule has 9 heteroatoms. The Balaban J connectivity index is 1.21. The molecular formula is C29H25ClN6O2. The highest BCUT2D eigenvalue weighted by molar-refractivity contribution is 6.30. The van der Waals surface area contributed by atoms with E-state index in [1.807, 2.05) is 59.1 Å². The fraction of sp³-hybridized carbons (Fsp3) is 0.172. The number of nitrogens with one attached hydrogen (secondary N) is 2. The Hall–Kier alpha value is -4.43. The van der Waals surface area contributed by atoms with Crippen molar-refractivity contribution in [2.75, 3.05) is 6.54 Å².